The fourth-order valence-corrected chi connectivity index (χ4v) is 20.4. The molecule has 8 amide bonds. The molecule has 0 aromatic heterocycles. The highest BCUT2D eigenvalue weighted by atomic mass is 16.2. The van der Waals surface area contributed by atoms with Gasteiger partial charge in [-0.3, -0.25) is 58.0 Å². The first-order chi connectivity index (χ1) is 55.9. The van der Waals surface area contributed by atoms with Crippen molar-refractivity contribution in [2.75, 3.05) is 0 Å². The molecule has 0 bridgehead atoms. The van der Waals surface area contributed by atoms with Crippen molar-refractivity contribution in [3.8, 4) is 77.9 Å². The van der Waals surface area contributed by atoms with Gasteiger partial charge in [0, 0.05) is 90.2 Å². The highest BCUT2D eigenvalue weighted by molar-refractivity contribution is 6.31. The maximum atomic E-state index is 13.8. The van der Waals surface area contributed by atoms with Gasteiger partial charge in [0.15, 0.2) is 0 Å². The van der Waals surface area contributed by atoms with E-state index < -0.39 is 0 Å². The summed E-state index contributed by atoms with van der Waals surface area (Å²) in [6.45, 7) is 0. The molecule has 8 aliphatic rings. The van der Waals surface area contributed by atoms with Gasteiger partial charge < -0.3 is 0 Å². The minimum atomic E-state index is -0.170. The number of benzene rings is 13. The summed E-state index contributed by atoms with van der Waals surface area (Å²) in [5.41, 5.74) is 19.5. The van der Waals surface area contributed by atoms with Crippen LogP contribution >= 0.6 is 0 Å². The summed E-state index contributed by atoms with van der Waals surface area (Å²) in [4.78, 5) is 116. The Morgan fingerprint density at radius 2 is 0.307 bits per heavy atom. The second kappa shape index (κ2) is 28.9. The SMILES string of the molecule is O=C1c2cccc3c(-c4ccc(-c5ccc(-c6ccc(-c7ccc8c9c(cccc79)C(=O)N(C7CCCCC7)C8=O)cc6)cc5)cc4)ccc(c23)C(=O)N1C1CCCCC1.O=C1c2cccc3c(-c4ccc(-c5ccc(-c6ccc7c8c(cccc68)C(=O)N(C6CCCCC6)C7=O)cc5)cc4)ccc(c23)C(=O)N1C1CCCCC1. The van der Waals surface area contributed by atoms with E-state index in [4.69, 9.17) is 0 Å². The van der Waals surface area contributed by atoms with Gasteiger partial charge in [-0.05, 0) is 199 Å². The topological polar surface area (TPSA) is 150 Å². The molecule has 0 spiro atoms. The molecule has 4 fully saturated rings. The maximum absolute atomic E-state index is 13.8. The van der Waals surface area contributed by atoms with Gasteiger partial charge in [-0.2, -0.15) is 0 Å². The lowest BCUT2D eigenvalue weighted by Crippen LogP contribution is -2.47. The van der Waals surface area contributed by atoms with E-state index in [1.54, 1.807) is 9.80 Å². The molecule has 21 rings (SSSR count). The van der Waals surface area contributed by atoms with Crippen molar-refractivity contribution < 1.29 is 38.4 Å². The van der Waals surface area contributed by atoms with Gasteiger partial charge in [0.05, 0.1) is 0 Å². The fourth-order valence-electron chi connectivity index (χ4n) is 20.4. The zero-order chi connectivity index (χ0) is 77.0. The molecular formula is C102H84N4O8. The van der Waals surface area contributed by atoms with Gasteiger partial charge in [0.2, 0.25) is 0 Å². The summed E-state index contributed by atoms with van der Waals surface area (Å²) in [5, 5.41) is 6.72. The van der Waals surface area contributed by atoms with Crippen molar-refractivity contribution in [2.24, 2.45) is 0 Å². The average molecular weight is 1490 g/mol. The predicted octanol–water partition coefficient (Wildman–Crippen LogP) is 23.4. The second-order valence-corrected chi connectivity index (χ2v) is 32.5. The van der Waals surface area contributed by atoms with Crippen LogP contribution in [0.1, 0.15) is 211 Å². The Kier molecular flexibility index (Phi) is 17.9. The average Bonchev–Trinajstić information content (AvgIpc) is 0.747. The van der Waals surface area contributed by atoms with Crippen molar-refractivity contribution in [1.82, 2.24) is 19.6 Å². The highest BCUT2D eigenvalue weighted by Gasteiger charge is 2.43. The van der Waals surface area contributed by atoms with Crippen molar-refractivity contribution in [3.63, 3.8) is 0 Å². The largest absolute Gasteiger partial charge is 0.271 e. The number of carbonyl (C=O) groups excluding carboxylic acids is 8. The van der Waals surface area contributed by atoms with Crippen LogP contribution in [0.15, 0.2) is 243 Å². The van der Waals surface area contributed by atoms with Crippen LogP contribution in [0.5, 0.6) is 0 Å². The first-order valence-corrected chi connectivity index (χ1v) is 41.2. The Morgan fingerprint density at radius 3 is 0.482 bits per heavy atom. The summed E-state index contributed by atoms with van der Waals surface area (Å²) in [5.74, 6) is -1.33. The number of nitrogens with zero attached hydrogens (tertiary/aromatic N) is 4. The van der Waals surface area contributed by atoms with Crippen molar-refractivity contribution in [2.45, 2.75) is 153 Å². The Hall–Kier alpha value is -12.5. The molecule has 0 N–H and O–H groups in total. The van der Waals surface area contributed by atoms with E-state index in [2.05, 4.69) is 121 Å². The minimum absolute atomic E-state index is 0.0204. The summed E-state index contributed by atoms with van der Waals surface area (Å²) >= 11 is 0. The quantitative estimate of drug-likeness (QED) is 0.116. The number of hydrogen-bond donors (Lipinski definition) is 0. The lowest BCUT2D eigenvalue weighted by molar-refractivity contribution is 0.0487. The molecule has 4 aliphatic carbocycles. The fraction of sp³-hybridized carbons (Fsp3) is 0.235. The van der Waals surface area contributed by atoms with Crippen molar-refractivity contribution >= 4 is 90.3 Å². The van der Waals surface area contributed by atoms with Crippen LogP contribution in [0, 0.1) is 0 Å². The third kappa shape index (κ3) is 11.8. The number of rotatable bonds is 11. The van der Waals surface area contributed by atoms with Crippen LogP contribution in [-0.2, 0) is 0 Å². The van der Waals surface area contributed by atoms with Crippen LogP contribution in [0.4, 0.5) is 0 Å². The third-order valence-corrected chi connectivity index (χ3v) is 26.2. The van der Waals surface area contributed by atoms with E-state index in [0.717, 1.165) is 249 Å². The van der Waals surface area contributed by atoms with E-state index >= 15 is 0 Å². The van der Waals surface area contributed by atoms with Gasteiger partial charge in [-0.25, -0.2) is 0 Å². The first kappa shape index (κ1) is 70.6. The van der Waals surface area contributed by atoms with E-state index in [1.807, 2.05) is 121 Å². The second-order valence-electron chi connectivity index (χ2n) is 32.5. The van der Waals surface area contributed by atoms with Crippen LogP contribution in [-0.4, -0.2) is 91.0 Å². The zero-order valence-electron chi connectivity index (χ0n) is 63.6. The van der Waals surface area contributed by atoms with Gasteiger partial charge >= 0.3 is 0 Å². The highest BCUT2D eigenvalue weighted by Crippen LogP contribution is 2.46. The van der Waals surface area contributed by atoms with E-state index in [0.29, 0.717) is 44.5 Å². The molecule has 0 unspecified atom stereocenters. The Morgan fingerprint density at radius 1 is 0.158 bits per heavy atom. The van der Waals surface area contributed by atoms with Gasteiger partial charge in [0.25, 0.3) is 47.3 Å². The molecular weight excluding hydrogens is 1410 g/mol. The standard InChI is InChI=1S/C54H44N2O4.C48H40N2O4/c57-51-45-15-7-13-43-41(29-31-47(49(43)45)53(59)55(51)39-9-3-1-4-10-39)37-25-21-35(22-26-37)33-17-19-34(20-18-33)36-23-27-38(28-24-36)42-30-32-48-50-44(42)14-8-16-46(50)52(58)56(54(48)60)40-11-5-2-6-12-40;51-45-39-15-7-13-37-35(25-27-41(43(37)39)47(53)49(45)33-9-3-1-4-10-33)31-21-17-29(18-22-31)30-19-23-32(24-20-30)36-26-28-42-44-38(36)14-8-16-40(44)46(52)50(48(42)54)34-11-5-2-6-12-34/h7-8,13-32,39-40H,1-6,9-12H2;7-8,13-28,33-34H,1-6,9-12H2. The van der Waals surface area contributed by atoms with Crippen LogP contribution in [0.25, 0.3) is 121 Å². The number of hydrogen-bond acceptors (Lipinski definition) is 8. The third-order valence-electron chi connectivity index (χ3n) is 26.2. The molecule has 114 heavy (non-hydrogen) atoms. The summed E-state index contributed by atoms with van der Waals surface area (Å²) < 4.78 is 0. The predicted molar refractivity (Wildman–Crippen MR) is 450 cm³/mol. The van der Waals surface area contributed by atoms with E-state index in [9.17, 15) is 38.4 Å². The van der Waals surface area contributed by atoms with E-state index in [1.165, 1.54) is 9.80 Å². The molecule has 4 aliphatic heterocycles. The first-order valence-electron chi connectivity index (χ1n) is 41.2. The minimum Gasteiger partial charge on any atom is -0.271 e. The molecule has 0 saturated heterocycles. The zero-order valence-corrected chi connectivity index (χ0v) is 63.6. The van der Waals surface area contributed by atoms with Crippen molar-refractivity contribution in [1.29, 1.82) is 0 Å². The summed E-state index contributed by atoms with van der Waals surface area (Å²) in [6.07, 6.45) is 20.1. The van der Waals surface area contributed by atoms with Crippen molar-refractivity contribution in [3.05, 3.63) is 287 Å². The smallest absolute Gasteiger partial charge is 0.261 e. The normalized spacial score (nSPS) is 17.6. The lowest BCUT2D eigenvalue weighted by Gasteiger charge is -2.36. The van der Waals surface area contributed by atoms with E-state index in [-0.39, 0.29) is 71.4 Å². The van der Waals surface area contributed by atoms with Gasteiger partial charge in [-0.15, -0.1) is 0 Å². The molecule has 12 nitrogen and oxygen atoms in total. The Labute approximate surface area is 662 Å². The Balaban J connectivity index is 0.000000149. The summed E-state index contributed by atoms with van der Waals surface area (Å²) in [6, 6.07) is 81.3. The molecule has 0 radical (unpaired) electrons. The van der Waals surface area contributed by atoms with Crippen LogP contribution in [0.2, 0.25) is 0 Å². The molecule has 560 valence electrons. The number of amides is 8. The van der Waals surface area contributed by atoms with Gasteiger partial charge in [0.1, 0.15) is 0 Å². The molecule has 0 atom stereocenters. The van der Waals surface area contributed by atoms with Crippen LogP contribution < -0.4 is 0 Å². The molecule has 13 aromatic carbocycles. The van der Waals surface area contributed by atoms with Gasteiger partial charge in [-0.1, -0.05) is 271 Å². The maximum Gasteiger partial charge on any atom is 0.261 e. The monoisotopic (exact) mass is 1490 g/mol. The lowest BCUT2D eigenvalue weighted by atomic mass is 9.86. The summed E-state index contributed by atoms with van der Waals surface area (Å²) in [7, 11) is 0. The molecule has 13 aromatic rings. The molecule has 12 heteroatoms. The number of imide groups is 4. The number of carbonyl (C=O) groups is 8. The molecule has 4 saturated carbocycles. The molecule has 4 heterocycles. The van der Waals surface area contributed by atoms with Crippen LogP contribution in [0.3, 0.4) is 0 Å². The Bertz CT molecular complexity index is 5730.